The van der Waals surface area contributed by atoms with Crippen LogP contribution in [0.5, 0.6) is 0 Å². The van der Waals surface area contributed by atoms with Crippen LogP contribution in [-0.4, -0.2) is 22.8 Å². The smallest absolute Gasteiger partial charge is 0.262 e. The molecule has 3 rings (SSSR count). The number of hydrogen-bond donors (Lipinski definition) is 2. The van der Waals surface area contributed by atoms with Gasteiger partial charge < -0.3 is 10.6 Å². The Morgan fingerprint density at radius 3 is 2.65 bits per heavy atom. The Labute approximate surface area is 148 Å². The number of fused-ring (bicyclic) bond motifs is 1. The first kappa shape index (κ1) is 16.1. The van der Waals surface area contributed by atoms with Crippen LogP contribution in [0.1, 0.15) is 16.6 Å². The van der Waals surface area contributed by atoms with Crippen LogP contribution >= 0.6 is 38.6 Å². The van der Waals surface area contributed by atoms with Crippen molar-refractivity contribution in [2.75, 3.05) is 5.32 Å². The SMILES string of the molecule is C[C@@H](NC(=O)c1ccc(Br)s1)C(=O)Nc1nc2ccccc2s1. The molecule has 2 aromatic heterocycles. The minimum Gasteiger partial charge on any atom is -0.340 e. The van der Waals surface area contributed by atoms with Crippen molar-refractivity contribution in [3.63, 3.8) is 0 Å². The molecule has 23 heavy (non-hydrogen) atoms. The monoisotopic (exact) mass is 409 g/mol. The van der Waals surface area contributed by atoms with Gasteiger partial charge in [0.25, 0.3) is 5.91 Å². The lowest BCUT2D eigenvalue weighted by Crippen LogP contribution is -2.41. The largest absolute Gasteiger partial charge is 0.340 e. The van der Waals surface area contributed by atoms with Crippen LogP contribution in [-0.2, 0) is 4.79 Å². The first-order chi connectivity index (χ1) is 11.0. The fraction of sp³-hybridized carbons (Fsp3) is 0.133. The number of nitrogens with zero attached hydrogens (tertiary/aromatic N) is 1. The Bertz CT molecular complexity index is 841. The zero-order chi connectivity index (χ0) is 16.4. The fourth-order valence-corrected chi connectivity index (χ4v) is 4.07. The van der Waals surface area contributed by atoms with Gasteiger partial charge >= 0.3 is 0 Å². The molecule has 0 aliphatic heterocycles. The maximum absolute atomic E-state index is 12.2. The lowest BCUT2D eigenvalue weighted by atomic mass is 10.3. The molecule has 8 heteroatoms. The van der Waals surface area contributed by atoms with Crippen LogP contribution in [0, 0.1) is 0 Å². The second-order valence-electron chi connectivity index (χ2n) is 4.77. The van der Waals surface area contributed by atoms with Crippen LogP contribution in [0.15, 0.2) is 40.2 Å². The maximum atomic E-state index is 12.2. The van der Waals surface area contributed by atoms with Gasteiger partial charge in [0.15, 0.2) is 5.13 Å². The normalized spacial score (nSPS) is 12.1. The average molecular weight is 410 g/mol. The van der Waals surface area contributed by atoms with Crippen LogP contribution in [0.3, 0.4) is 0 Å². The van der Waals surface area contributed by atoms with Gasteiger partial charge in [0.05, 0.1) is 18.9 Å². The topological polar surface area (TPSA) is 71.1 Å². The number of thiophene rings is 1. The Balaban J connectivity index is 1.64. The van der Waals surface area contributed by atoms with Crippen LogP contribution in [0.2, 0.25) is 0 Å². The molecule has 2 N–H and O–H groups in total. The maximum Gasteiger partial charge on any atom is 0.262 e. The molecule has 2 amide bonds. The summed E-state index contributed by atoms with van der Waals surface area (Å²) < 4.78 is 1.87. The number of nitrogens with one attached hydrogen (secondary N) is 2. The zero-order valence-corrected chi connectivity index (χ0v) is 15.2. The molecule has 5 nitrogen and oxygen atoms in total. The van der Waals surface area contributed by atoms with E-state index in [1.165, 1.54) is 22.7 Å². The van der Waals surface area contributed by atoms with Gasteiger partial charge in [-0.1, -0.05) is 23.5 Å². The molecular weight excluding hydrogens is 398 g/mol. The number of aromatic nitrogens is 1. The summed E-state index contributed by atoms with van der Waals surface area (Å²) in [6.07, 6.45) is 0. The van der Waals surface area contributed by atoms with E-state index in [0.717, 1.165) is 14.0 Å². The minimum absolute atomic E-state index is 0.271. The Kier molecular flexibility index (Phi) is 4.74. The van der Waals surface area contributed by atoms with E-state index in [1.54, 1.807) is 19.1 Å². The second-order valence-corrected chi connectivity index (χ2v) is 8.27. The van der Waals surface area contributed by atoms with Gasteiger partial charge in [0.2, 0.25) is 5.91 Å². The van der Waals surface area contributed by atoms with E-state index < -0.39 is 6.04 Å². The summed E-state index contributed by atoms with van der Waals surface area (Å²) in [5, 5.41) is 5.94. The number of thiazole rings is 1. The molecule has 0 bridgehead atoms. The van der Waals surface area contributed by atoms with E-state index in [2.05, 4.69) is 31.5 Å². The molecule has 0 aliphatic carbocycles. The van der Waals surface area contributed by atoms with E-state index >= 15 is 0 Å². The second kappa shape index (κ2) is 6.77. The van der Waals surface area contributed by atoms with E-state index in [9.17, 15) is 9.59 Å². The first-order valence-corrected chi connectivity index (χ1v) is 9.18. The third-order valence-corrected chi connectivity index (χ3v) is 5.64. The first-order valence-electron chi connectivity index (χ1n) is 6.75. The highest BCUT2D eigenvalue weighted by atomic mass is 79.9. The quantitative estimate of drug-likeness (QED) is 0.686. The molecule has 0 saturated carbocycles. The van der Waals surface area contributed by atoms with E-state index in [0.29, 0.717) is 10.0 Å². The third-order valence-electron chi connectivity index (χ3n) is 3.06. The number of benzene rings is 1. The standard InChI is InChI=1S/C15H12BrN3O2S2/c1-8(17-14(21)11-6-7-12(16)22-11)13(20)19-15-18-9-4-2-3-5-10(9)23-15/h2-8H,1H3,(H,17,21)(H,18,19,20)/t8-/m1/s1. The summed E-state index contributed by atoms with van der Waals surface area (Å²) in [5.41, 5.74) is 0.841. The van der Waals surface area contributed by atoms with Gasteiger partial charge in [0.1, 0.15) is 6.04 Å². The Hall–Kier alpha value is -1.77. The van der Waals surface area contributed by atoms with Gasteiger partial charge in [-0.05, 0) is 47.1 Å². The number of para-hydroxylation sites is 1. The molecule has 3 aromatic rings. The summed E-state index contributed by atoms with van der Waals surface area (Å²) in [6, 6.07) is 10.5. The summed E-state index contributed by atoms with van der Waals surface area (Å²) in [7, 11) is 0. The molecule has 118 valence electrons. The summed E-state index contributed by atoms with van der Waals surface area (Å²) in [4.78, 5) is 29.1. The highest BCUT2D eigenvalue weighted by Gasteiger charge is 2.19. The zero-order valence-electron chi connectivity index (χ0n) is 12.0. The van der Waals surface area contributed by atoms with Gasteiger partial charge in [0, 0.05) is 0 Å². The van der Waals surface area contributed by atoms with Gasteiger partial charge in [-0.2, -0.15) is 0 Å². The number of amides is 2. The number of halogens is 1. The van der Waals surface area contributed by atoms with Gasteiger partial charge in [-0.25, -0.2) is 4.98 Å². The van der Waals surface area contributed by atoms with Gasteiger partial charge in [-0.3, -0.25) is 9.59 Å². The van der Waals surface area contributed by atoms with Crippen LogP contribution < -0.4 is 10.6 Å². The number of carbonyl (C=O) groups is 2. The van der Waals surface area contributed by atoms with E-state index in [-0.39, 0.29) is 11.8 Å². The van der Waals surface area contributed by atoms with Crippen molar-refractivity contribution < 1.29 is 9.59 Å². The number of rotatable bonds is 4. The van der Waals surface area contributed by atoms with Crippen molar-refractivity contribution in [3.05, 3.63) is 45.1 Å². The van der Waals surface area contributed by atoms with Crippen molar-refractivity contribution >= 4 is 65.8 Å². The summed E-state index contributed by atoms with van der Waals surface area (Å²) in [6.45, 7) is 1.64. The Morgan fingerprint density at radius 2 is 1.96 bits per heavy atom. The number of carbonyl (C=O) groups excluding carboxylic acids is 2. The average Bonchev–Trinajstić information content (AvgIpc) is 3.12. The lowest BCUT2D eigenvalue weighted by Gasteiger charge is -2.12. The molecular formula is C15H12BrN3O2S2. The molecule has 1 atom stereocenters. The highest BCUT2D eigenvalue weighted by molar-refractivity contribution is 9.11. The molecule has 0 saturated heterocycles. The van der Waals surface area contributed by atoms with Crippen molar-refractivity contribution in [2.45, 2.75) is 13.0 Å². The molecule has 0 fully saturated rings. The van der Waals surface area contributed by atoms with Crippen molar-refractivity contribution in [1.82, 2.24) is 10.3 Å². The van der Waals surface area contributed by atoms with Gasteiger partial charge in [-0.15, -0.1) is 11.3 Å². The number of hydrogen-bond acceptors (Lipinski definition) is 5. The van der Waals surface area contributed by atoms with E-state index in [1.807, 2.05) is 24.3 Å². The van der Waals surface area contributed by atoms with Crippen molar-refractivity contribution in [3.8, 4) is 0 Å². The summed E-state index contributed by atoms with van der Waals surface area (Å²) >= 11 is 6.03. The molecule has 2 heterocycles. The van der Waals surface area contributed by atoms with Crippen molar-refractivity contribution in [1.29, 1.82) is 0 Å². The van der Waals surface area contributed by atoms with Crippen LogP contribution in [0.4, 0.5) is 5.13 Å². The minimum atomic E-state index is -0.657. The fourth-order valence-electron chi connectivity index (χ4n) is 1.91. The molecule has 0 aliphatic rings. The molecule has 0 spiro atoms. The molecule has 1 aromatic carbocycles. The van der Waals surface area contributed by atoms with E-state index in [4.69, 9.17) is 0 Å². The lowest BCUT2D eigenvalue weighted by molar-refractivity contribution is -0.117. The predicted molar refractivity (Wildman–Crippen MR) is 97.2 cm³/mol. The van der Waals surface area contributed by atoms with Crippen molar-refractivity contribution in [2.24, 2.45) is 0 Å². The Morgan fingerprint density at radius 1 is 1.17 bits per heavy atom. The predicted octanol–water partition coefficient (Wildman–Crippen LogP) is 3.88. The number of anilines is 1. The molecule has 0 radical (unpaired) electrons. The van der Waals surface area contributed by atoms with Crippen LogP contribution in [0.25, 0.3) is 10.2 Å². The third kappa shape index (κ3) is 3.77. The molecule has 0 unspecified atom stereocenters. The summed E-state index contributed by atoms with van der Waals surface area (Å²) in [5.74, 6) is -0.569. The highest BCUT2D eigenvalue weighted by Crippen LogP contribution is 2.25.